The number of hydrogen-bond donors (Lipinski definition) is 2. The van der Waals surface area contributed by atoms with E-state index in [1.165, 1.54) is 6.07 Å². The number of piperidine rings is 1. The number of carbonyl (C=O) groups is 1. The number of phenolic OH excluding ortho intramolecular Hbond substituents is 2. The van der Waals surface area contributed by atoms with E-state index in [1.807, 2.05) is 0 Å². The molecular weight excluding hydrogens is 242 g/mol. The van der Waals surface area contributed by atoms with Gasteiger partial charge in [0.05, 0.1) is 5.56 Å². The second-order valence-corrected chi connectivity index (χ2v) is 5.63. The van der Waals surface area contributed by atoms with Crippen molar-refractivity contribution in [3.8, 4) is 11.5 Å². The summed E-state index contributed by atoms with van der Waals surface area (Å²) >= 11 is 0. The summed E-state index contributed by atoms with van der Waals surface area (Å²) in [6.45, 7) is 5.84. The van der Waals surface area contributed by atoms with Gasteiger partial charge in [-0.15, -0.1) is 0 Å². The van der Waals surface area contributed by atoms with E-state index >= 15 is 0 Å². The molecule has 0 aromatic heterocycles. The SMILES string of the molecule is CCC1(C)CCN(C(=O)c2cccc(O)c2O)CC1. The molecule has 0 radical (unpaired) electrons. The monoisotopic (exact) mass is 263 g/mol. The third-order valence-electron chi connectivity index (χ3n) is 4.36. The van der Waals surface area contributed by atoms with Gasteiger partial charge in [0, 0.05) is 13.1 Å². The fraction of sp³-hybridized carbons (Fsp3) is 0.533. The van der Waals surface area contributed by atoms with Gasteiger partial charge in [-0.05, 0) is 30.4 Å². The van der Waals surface area contributed by atoms with Crippen molar-refractivity contribution in [2.75, 3.05) is 13.1 Å². The van der Waals surface area contributed by atoms with Crippen molar-refractivity contribution >= 4 is 5.91 Å². The van der Waals surface area contributed by atoms with Crippen LogP contribution in [0, 0.1) is 5.41 Å². The minimum atomic E-state index is -0.323. The fourth-order valence-corrected chi connectivity index (χ4v) is 2.48. The van der Waals surface area contributed by atoms with Crippen molar-refractivity contribution in [2.45, 2.75) is 33.1 Å². The number of rotatable bonds is 2. The van der Waals surface area contributed by atoms with Crippen LogP contribution in [0.1, 0.15) is 43.5 Å². The average Bonchev–Trinajstić information content (AvgIpc) is 2.42. The van der Waals surface area contributed by atoms with Crippen molar-refractivity contribution in [3.63, 3.8) is 0 Å². The molecule has 2 N–H and O–H groups in total. The molecule has 2 rings (SSSR count). The minimum absolute atomic E-state index is 0.181. The van der Waals surface area contributed by atoms with Gasteiger partial charge in [0.15, 0.2) is 11.5 Å². The first-order valence-electron chi connectivity index (χ1n) is 6.77. The third kappa shape index (κ3) is 2.67. The lowest BCUT2D eigenvalue weighted by atomic mass is 9.78. The number of para-hydroxylation sites is 1. The zero-order chi connectivity index (χ0) is 14.0. The molecule has 104 valence electrons. The van der Waals surface area contributed by atoms with Crippen LogP contribution in [0.15, 0.2) is 18.2 Å². The molecule has 1 aromatic rings. The van der Waals surface area contributed by atoms with E-state index in [4.69, 9.17) is 0 Å². The van der Waals surface area contributed by atoms with E-state index in [0.717, 1.165) is 19.3 Å². The van der Waals surface area contributed by atoms with Crippen LogP contribution in [0.3, 0.4) is 0 Å². The number of carbonyl (C=O) groups excluding carboxylic acids is 1. The normalized spacial score (nSPS) is 18.3. The van der Waals surface area contributed by atoms with E-state index in [9.17, 15) is 15.0 Å². The Morgan fingerprint density at radius 3 is 2.53 bits per heavy atom. The number of likely N-dealkylation sites (tertiary alicyclic amines) is 1. The Hall–Kier alpha value is -1.71. The van der Waals surface area contributed by atoms with Crippen LogP contribution in [-0.2, 0) is 0 Å². The summed E-state index contributed by atoms with van der Waals surface area (Å²) < 4.78 is 0. The highest BCUT2D eigenvalue weighted by Crippen LogP contribution is 2.35. The summed E-state index contributed by atoms with van der Waals surface area (Å²) in [5, 5.41) is 19.2. The Labute approximate surface area is 113 Å². The van der Waals surface area contributed by atoms with Crippen LogP contribution in [0.5, 0.6) is 11.5 Å². The molecule has 4 heteroatoms. The maximum Gasteiger partial charge on any atom is 0.257 e. The summed E-state index contributed by atoms with van der Waals surface area (Å²) in [6, 6.07) is 4.49. The van der Waals surface area contributed by atoms with Gasteiger partial charge in [-0.25, -0.2) is 0 Å². The largest absolute Gasteiger partial charge is 0.504 e. The van der Waals surface area contributed by atoms with Gasteiger partial charge in [-0.2, -0.15) is 0 Å². The van der Waals surface area contributed by atoms with Gasteiger partial charge >= 0.3 is 0 Å². The van der Waals surface area contributed by atoms with E-state index in [2.05, 4.69) is 13.8 Å². The summed E-state index contributed by atoms with van der Waals surface area (Å²) in [7, 11) is 0. The van der Waals surface area contributed by atoms with E-state index < -0.39 is 0 Å². The summed E-state index contributed by atoms with van der Waals surface area (Å²) in [4.78, 5) is 14.1. The molecule has 0 aliphatic carbocycles. The molecule has 1 fully saturated rings. The Bertz CT molecular complexity index is 476. The number of phenols is 2. The van der Waals surface area contributed by atoms with Crippen molar-refractivity contribution in [1.82, 2.24) is 4.90 Å². The predicted octanol–water partition coefficient (Wildman–Crippen LogP) is 2.75. The first kappa shape index (κ1) is 13.7. The molecule has 0 unspecified atom stereocenters. The molecule has 0 bridgehead atoms. The van der Waals surface area contributed by atoms with Crippen molar-refractivity contribution in [3.05, 3.63) is 23.8 Å². The average molecular weight is 263 g/mol. The highest BCUT2D eigenvalue weighted by molar-refractivity contribution is 5.97. The first-order valence-corrected chi connectivity index (χ1v) is 6.77. The van der Waals surface area contributed by atoms with Crippen LogP contribution >= 0.6 is 0 Å². The lowest BCUT2D eigenvalue weighted by molar-refractivity contribution is 0.0597. The molecule has 1 aromatic carbocycles. The minimum Gasteiger partial charge on any atom is -0.504 e. The second-order valence-electron chi connectivity index (χ2n) is 5.63. The van der Waals surface area contributed by atoms with E-state index in [1.54, 1.807) is 17.0 Å². The quantitative estimate of drug-likeness (QED) is 0.806. The van der Waals surface area contributed by atoms with Crippen LogP contribution in [0.2, 0.25) is 0 Å². The van der Waals surface area contributed by atoms with Crippen LogP contribution in [0.25, 0.3) is 0 Å². The first-order chi connectivity index (χ1) is 8.97. The highest BCUT2D eigenvalue weighted by Gasteiger charge is 2.31. The molecule has 1 aliphatic heterocycles. The Kier molecular flexibility index (Phi) is 3.69. The maximum atomic E-state index is 12.3. The second kappa shape index (κ2) is 5.11. The Balaban J connectivity index is 2.12. The van der Waals surface area contributed by atoms with E-state index in [0.29, 0.717) is 18.5 Å². The maximum absolute atomic E-state index is 12.3. The lowest BCUT2D eigenvalue weighted by Gasteiger charge is -2.39. The number of nitrogens with zero attached hydrogens (tertiary/aromatic N) is 1. The lowest BCUT2D eigenvalue weighted by Crippen LogP contribution is -2.41. The van der Waals surface area contributed by atoms with Gasteiger partial charge in [0.25, 0.3) is 5.91 Å². The molecular formula is C15H21NO3. The van der Waals surface area contributed by atoms with Gasteiger partial charge in [0.2, 0.25) is 0 Å². The van der Waals surface area contributed by atoms with Gasteiger partial charge < -0.3 is 15.1 Å². The topological polar surface area (TPSA) is 60.8 Å². The zero-order valence-corrected chi connectivity index (χ0v) is 11.5. The molecule has 1 heterocycles. The van der Waals surface area contributed by atoms with Gasteiger partial charge in [0.1, 0.15) is 0 Å². The van der Waals surface area contributed by atoms with Crippen molar-refractivity contribution < 1.29 is 15.0 Å². The van der Waals surface area contributed by atoms with E-state index in [-0.39, 0.29) is 23.0 Å². The molecule has 1 amide bonds. The van der Waals surface area contributed by atoms with Crippen molar-refractivity contribution in [2.24, 2.45) is 5.41 Å². The summed E-state index contributed by atoms with van der Waals surface area (Å²) in [5.41, 5.74) is 0.498. The zero-order valence-electron chi connectivity index (χ0n) is 11.5. The predicted molar refractivity (Wildman–Crippen MR) is 73.3 cm³/mol. The van der Waals surface area contributed by atoms with Crippen molar-refractivity contribution in [1.29, 1.82) is 0 Å². The summed E-state index contributed by atoms with van der Waals surface area (Å²) in [6.07, 6.45) is 3.08. The Morgan fingerprint density at radius 1 is 1.32 bits per heavy atom. The Morgan fingerprint density at radius 2 is 1.95 bits per heavy atom. The summed E-state index contributed by atoms with van der Waals surface area (Å²) in [5.74, 6) is -0.774. The number of benzene rings is 1. The molecule has 0 saturated carbocycles. The molecule has 19 heavy (non-hydrogen) atoms. The van der Waals surface area contributed by atoms with Gasteiger partial charge in [-0.1, -0.05) is 26.3 Å². The molecule has 0 spiro atoms. The fourth-order valence-electron chi connectivity index (χ4n) is 2.48. The number of amides is 1. The van der Waals surface area contributed by atoms with Crippen LogP contribution < -0.4 is 0 Å². The standard InChI is InChI=1S/C15H21NO3/c1-3-15(2)7-9-16(10-8-15)14(19)11-5-4-6-12(17)13(11)18/h4-6,17-18H,3,7-10H2,1-2H3. The van der Waals surface area contributed by atoms with Crippen LogP contribution in [-0.4, -0.2) is 34.1 Å². The molecule has 0 atom stereocenters. The molecule has 4 nitrogen and oxygen atoms in total. The molecule has 1 aliphatic rings. The highest BCUT2D eigenvalue weighted by atomic mass is 16.3. The molecule has 1 saturated heterocycles. The number of hydrogen-bond acceptors (Lipinski definition) is 3. The van der Waals surface area contributed by atoms with Gasteiger partial charge in [-0.3, -0.25) is 4.79 Å². The number of aromatic hydroxyl groups is 2. The third-order valence-corrected chi connectivity index (χ3v) is 4.36. The smallest absolute Gasteiger partial charge is 0.257 e. The van der Waals surface area contributed by atoms with Crippen LogP contribution in [0.4, 0.5) is 0 Å².